The van der Waals surface area contributed by atoms with E-state index in [-0.39, 0.29) is 11.9 Å². The SMILES string of the molecule is Cc1cc(C(=O)NC2CCOCC2)ccc1/C=C/C(=O)O. The van der Waals surface area contributed by atoms with E-state index < -0.39 is 5.97 Å². The minimum Gasteiger partial charge on any atom is -0.478 e. The molecule has 0 saturated carbocycles. The molecule has 112 valence electrons. The molecule has 1 amide bonds. The van der Waals surface area contributed by atoms with Crippen molar-refractivity contribution < 1.29 is 19.4 Å². The minimum atomic E-state index is -0.990. The maximum atomic E-state index is 12.2. The van der Waals surface area contributed by atoms with E-state index in [1.807, 2.05) is 6.92 Å². The summed E-state index contributed by atoms with van der Waals surface area (Å²) in [7, 11) is 0. The fourth-order valence-electron chi connectivity index (χ4n) is 2.28. The quantitative estimate of drug-likeness (QED) is 0.831. The Hall–Kier alpha value is -2.14. The summed E-state index contributed by atoms with van der Waals surface area (Å²) in [5.74, 6) is -1.09. The molecule has 2 N–H and O–H groups in total. The molecule has 0 spiro atoms. The molecule has 1 fully saturated rings. The van der Waals surface area contributed by atoms with E-state index in [1.54, 1.807) is 18.2 Å². The number of ether oxygens (including phenoxy) is 1. The smallest absolute Gasteiger partial charge is 0.328 e. The van der Waals surface area contributed by atoms with Crippen molar-refractivity contribution >= 4 is 18.0 Å². The highest BCUT2D eigenvalue weighted by Crippen LogP contribution is 2.14. The Morgan fingerprint density at radius 2 is 2.05 bits per heavy atom. The molecule has 0 radical (unpaired) electrons. The van der Waals surface area contributed by atoms with Crippen molar-refractivity contribution in [2.45, 2.75) is 25.8 Å². The number of aliphatic carboxylic acids is 1. The van der Waals surface area contributed by atoms with E-state index in [4.69, 9.17) is 9.84 Å². The van der Waals surface area contributed by atoms with Crippen molar-refractivity contribution in [2.24, 2.45) is 0 Å². The molecule has 1 aliphatic rings. The summed E-state index contributed by atoms with van der Waals surface area (Å²) in [6.07, 6.45) is 4.29. The molecule has 1 heterocycles. The zero-order valence-corrected chi connectivity index (χ0v) is 12.0. The number of carbonyl (C=O) groups excluding carboxylic acids is 1. The van der Waals surface area contributed by atoms with Crippen LogP contribution in [-0.4, -0.2) is 36.2 Å². The predicted molar refractivity (Wildman–Crippen MR) is 79.2 cm³/mol. The van der Waals surface area contributed by atoms with Gasteiger partial charge in [0.15, 0.2) is 0 Å². The highest BCUT2D eigenvalue weighted by atomic mass is 16.5. The Bertz CT molecular complexity index is 559. The number of hydrogen-bond acceptors (Lipinski definition) is 3. The molecule has 0 atom stereocenters. The van der Waals surface area contributed by atoms with Gasteiger partial charge in [-0.05, 0) is 49.1 Å². The summed E-state index contributed by atoms with van der Waals surface area (Å²) in [5, 5.41) is 11.6. The molecule has 1 aliphatic heterocycles. The zero-order chi connectivity index (χ0) is 15.2. The van der Waals surface area contributed by atoms with E-state index >= 15 is 0 Å². The molecule has 0 aliphatic carbocycles. The van der Waals surface area contributed by atoms with Crippen molar-refractivity contribution in [3.8, 4) is 0 Å². The van der Waals surface area contributed by atoms with Crippen molar-refractivity contribution in [2.75, 3.05) is 13.2 Å². The van der Waals surface area contributed by atoms with Gasteiger partial charge in [0, 0.05) is 30.9 Å². The number of amides is 1. The van der Waals surface area contributed by atoms with Crippen LogP contribution in [0, 0.1) is 6.92 Å². The number of hydrogen-bond donors (Lipinski definition) is 2. The third-order valence-electron chi connectivity index (χ3n) is 3.49. The van der Waals surface area contributed by atoms with Gasteiger partial charge in [-0.3, -0.25) is 4.79 Å². The van der Waals surface area contributed by atoms with Crippen LogP contribution in [0.4, 0.5) is 0 Å². The first-order valence-electron chi connectivity index (χ1n) is 6.96. The first-order chi connectivity index (χ1) is 10.1. The third kappa shape index (κ3) is 4.43. The zero-order valence-electron chi connectivity index (χ0n) is 12.0. The van der Waals surface area contributed by atoms with Gasteiger partial charge in [0.1, 0.15) is 0 Å². The number of benzene rings is 1. The monoisotopic (exact) mass is 289 g/mol. The number of carbonyl (C=O) groups is 2. The van der Waals surface area contributed by atoms with Crippen LogP contribution in [0.25, 0.3) is 6.08 Å². The molecule has 1 saturated heterocycles. The van der Waals surface area contributed by atoms with E-state index in [9.17, 15) is 9.59 Å². The first kappa shape index (κ1) is 15.3. The van der Waals surface area contributed by atoms with Crippen molar-refractivity contribution in [3.05, 3.63) is 41.0 Å². The Balaban J connectivity index is 2.04. The first-order valence-corrected chi connectivity index (χ1v) is 6.96. The van der Waals surface area contributed by atoms with Gasteiger partial charge in [-0.1, -0.05) is 6.07 Å². The van der Waals surface area contributed by atoms with Gasteiger partial charge in [-0.2, -0.15) is 0 Å². The van der Waals surface area contributed by atoms with Crippen LogP contribution in [0.2, 0.25) is 0 Å². The Morgan fingerprint density at radius 3 is 2.67 bits per heavy atom. The summed E-state index contributed by atoms with van der Waals surface area (Å²) in [5.41, 5.74) is 2.25. The molecular formula is C16H19NO4. The molecule has 5 heteroatoms. The second-order valence-electron chi connectivity index (χ2n) is 5.10. The Labute approximate surface area is 123 Å². The molecule has 0 bridgehead atoms. The van der Waals surface area contributed by atoms with E-state index in [2.05, 4.69) is 5.32 Å². The predicted octanol–water partition coefficient (Wildman–Crippen LogP) is 2.00. The number of aryl methyl sites for hydroxylation is 1. The summed E-state index contributed by atoms with van der Waals surface area (Å²) >= 11 is 0. The molecular weight excluding hydrogens is 270 g/mol. The maximum Gasteiger partial charge on any atom is 0.328 e. The molecule has 1 aromatic rings. The largest absolute Gasteiger partial charge is 0.478 e. The lowest BCUT2D eigenvalue weighted by atomic mass is 10.0. The van der Waals surface area contributed by atoms with Crippen LogP contribution in [0.15, 0.2) is 24.3 Å². The van der Waals surface area contributed by atoms with Gasteiger partial charge in [-0.25, -0.2) is 4.79 Å². The fourth-order valence-corrected chi connectivity index (χ4v) is 2.28. The second kappa shape index (κ2) is 7.04. The normalized spacial score (nSPS) is 16.0. The average molecular weight is 289 g/mol. The lowest BCUT2D eigenvalue weighted by molar-refractivity contribution is -0.131. The van der Waals surface area contributed by atoms with Gasteiger partial charge < -0.3 is 15.2 Å². The molecule has 1 aromatic carbocycles. The number of rotatable bonds is 4. The van der Waals surface area contributed by atoms with Crippen molar-refractivity contribution in [1.29, 1.82) is 0 Å². The lowest BCUT2D eigenvalue weighted by Crippen LogP contribution is -2.38. The fraction of sp³-hybridized carbons (Fsp3) is 0.375. The highest BCUT2D eigenvalue weighted by molar-refractivity contribution is 5.95. The number of carboxylic acid groups (broad SMARTS) is 1. The standard InChI is InChI=1S/C16H19NO4/c1-11-10-13(3-2-12(11)4-5-15(18)19)16(20)17-14-6-8-21-9-7-14/h2-5,10,14H,6-9H2,1H3,(H,17,20)(H,18,19)/b5-4+. The Kier molecular flexibility index (Phi) is 5.11. The van der Waals surface area contributed by atoms with E-state index in [1.165, 1.54) is 6.08 Å². The Morgan fingerprint density at radius 1 is 1.33 bits per heavy atom. The summed E-state index contributed by atoms with van der Waals surface area (Å²) in [4.78, 5) is 22.7. The molecule has 21 heavy (non-hydrogen) atoms. The van der Waals surface area contributed by atoms with Crippen LogP contribution in [0.5, 0.6) is 0 Å². The number of carboxylic acids is 1. The maximum absolute atomic E-state index is 12.2. The summed E-state index contributed by atoms with van der Waals surface area (Å²) in [6, 6.07) is 5.41. The highest BCUT2D eigenvalue weighted by Gasteiger charge is 2.17. The van der Waals surface area contributed by atoms with Crippen LogP contribution in [0.1, 0.15) is 34.3 Å². The van der Waals surface area contributed by atoms with Crippen LogP contribution < -0.4 is 5.32 Å². The van der Waals surface area contributed by atoms with Crippen molar-refractivity contribution in [1.82, 2.24) is 5.32 Å². The minimum absolute atomic E-state index is 0.0984. The molecule has 5 nitrogen and oxygen atoms in total. The van der Waals surface area contributed by atoms with Crippen molar-refractivity contribution in [3.63, 3.8) is 0 Å². The van der Waals surface area contributed by atoms with E-state index in [0.717, 1.165) is 30.0 Å². The molecule has 0 unspecified atom stereocenters. The summed E-state index contributed by atoms with van der Waals surface area (Å²) < 4.78 is 5.26. The summed E-state index contributed by atoms with van der Waals surface area (Å²) in [6.45, 7) is 3.22. The second-order valence-corrected chi connectivity index (χ2v) is 5.10. The van der Waals surface area contributed by atoms with Crippen LogP contribution >= 0.6 is 0 Å². The van der Waals surface area contributed by atoms with E-state index in [0.29, 0.717) is 18.8 Å². The van der Waals surface area contributed by atoms with Gasteiger partial charge in [0.05, 0.1) is 0 Å². The average Bonchev–Trinajstić information content (AvgIpc) is 2.46. The molecule has 2 rings (SSSR count). The van der Waals surface area contributed by atoms with Gasteiger partial charge in [-0.15, -0.1) is 0 Å². The van der Waals surface area contributed by atoms with Gasteiger partial charge in [0.25, 0.3) is 5.91 Å². The van der Waals surface area contributed by atoms with Gasteiger partial charge >= 0.3 is 5.97 Å². The molecule has 0 aromatic heterocycles. The lowest BCUT2D eigenvalue weighted by Gasteiger charge is -2.23. The number of nitrogens with one attached hydrogen (secondary N) is 1. The van der Waals surface area contributed by atoms with Gasteiger partial charge in [0.2, 0.25) is 0 Å². The van der Waals surface area contributed by atoms with Crippen LogP contribution in [0.3, 0.4) is 0 Å². The third-order valence-corrected chi connectivity index (χ3v) is 3.49. The topological polar surface area (TPSA) is 75.6 Å². The van der Waals surface area contributed by atoms with Crippen LogP contribution in [-0.2, 0) is 9.53 Å².